The summed E-state index contributed by atoms with van der Waals surface area (Å²) in [6.07, 6.45) is 4.70. The number of aromatic amines is 1. The zero-order valence-corrected chi connectivity index (χ0v) is 18.5. The second kappa shape index (κ2) is 9.09. The van der Waals surface area contributed by atoms with E-state index in [9.17, 15) is 0 Å². The number of fused-ring (bicyclic) bond motifs is 3. The minimum absolute atomic E-state index is 0.240. The molecule has 0 amide bonds. The Morgan fingerprint density at radius 3 is 2.66 bits per heavy atom. The molecule has 0 saturated heterocycles. The maximum absolute atomic E-state index is 6.19. The Labute approximate surface area is 173 Å². The van der Waals surface area contributed by atoms with Gasteiger partial charge < -0.3 is 20.4 Å². The number of rotatable bonds is 9. The molecule has 3 N–H and O–H groups in total. The zero-order chi connectivity index (χ0) is 21.0. The largest absolute Gasteiger partial charge is 0.382 e. The van der Waals surface area contributed by atoms with Crippen LogP contribution in [-0.2, 0) is 17.8 Å². The summed E-state index contributed by atoms with van der Waals surface area (Å²) < 4.78 is 5.46. The first-order chi connectivity index (χ1) is 13.8. The van der Waals surface area contributed by atoms with Crippen molar-refractivity contribution < 1.29 is 4.74 Å². The highest BCUT2D eigenvalue weighted by molar-refractivity contribution is 6.06. The first-order valence-corrected chi connectivity index (χ1v) is 10.6. The van der Waals surface area contributed by atoms with Crippen molar-refractivity contribution in [2.45, 2.75) is 65.5 Å². The molecule has 0 spiro atoms. The van der Waals surface area contributed by atoms with Gasteiger partial charge in [-0.25, -0.2) is 9.97 Å². The minimum Gasteiger partial charge on any atom is -0.382 e. The highest BCUT2D eigenvalue weighted by atomic mass is 16.5. The first kappa shape index (κ1) is 21.5. The van der Waals surface area contributed by atoms with Crippen LogP contribution < -0.4 is 5.73 Å². The number of imidazole rings is 1. The molecule has 0 bridgehead atoms. The lowest BCUT2D eigenvalue weighted by molar-refractivity contribution is 0.129. The molecule has 0 aliphatic carbocycles. The van der Waals surface area contributed by atoms with E-state index in [1.165, 1.54) is 24.8 Å². The molecule has 0 radical (unpaired) electrons. The van der Waals surface area contributed by atoms with Gasteiger partial charge in [0.05, 0.1) is 5.52 Å². The fraction of sp³-hybridized carbons (Fsp3) is 0.565. The molecule has 6 heteroatoms. The summed E-state index contributed by atoms with van der Waals surface area (Å²) in [7, 11) is 2.20. The Morgan fingerprint density at radius 1 is 1.14 bits per heavy atom. The van der Waals surface area contributed by atoms with E-state index >= 15 is 0 Å². The molecule has 1 aromatic carbocycles. The molecule has 0 fully saturated rings. The van der Waals surface area contributed by atoms with Crippen molar-refractivity contribution >= 4 is 27.8 Å². The number of nitrogen functional groups attached to an aromatic ring is 1. The van der Waals surface area contributed by atoms with Crippen LogP contribution in [0.4, 0.5) is 5.82 Å². The number of benzene rings is 1. The van der Waals surface area contributed by atoms with E-state index in [1.807, 2.05) is 6.92 Å². The number of unbranched alkanes of at least 4 members (excludes halogenated alkanes) is 2. The monoisotopic (exact) mass is 397 g/mol. The predicted molar refractivity (Wildman–Crippen MR) is 121 cm³/mol. The predicted octanol–water partition coefficient (Wildman–Crippen LogP) is 4.67. The fourth-order valence-corrected chi connectivity index (χ4v) is 3.47. The third kappa shape index (κ3) is 5.25. The fourth-order valence-electron chi connectivity index (χ4n) is 3.47. The summed E-state index contributed by atoms with van der Waals surface area (Å²) in [6.45, 7) is 11.0. The van der Waals surface area contributed by atoms with Crippen molar-refractivity contribution in [3.05, 3.63) is 29.6 Å². The van der Waals surface area contributed by atoms with E-state index in [0.717, 1.165) is 40.7 Å². The number of ether oxygens (including phenoxy) is 1. The number of nitrogens with one attached hydrogen (secondary N) is 1. The molecule has 3 aromatic rings. The third-order valence-corrected chi connectivity index (χ3v) is 5.61. The van der Waals surface area contributed by atoms with Gasteiger partial charge in [0.2, 0.25) is 0 Å². The Hall–Kier alpha value is -2.18. The molecule has 0 atom stereocenters. The number of hydrogen-bond acceptors (Lipinski definition) is 5. The van der Waals surface area contributed by atoms with Gasteiger partial charge in [-0.1, -0.05) is 18.6 Å². The van der Waals surface area contributed by atoms with E-state index in [2.05, 4.69) is 65.9 Å². The summed E-state index contributed by atoms with van der Waals surface area (Å²) in [4.78, 5) is 15.0. The summed E-state index contributed by atoms with van der Waals surface area (Å²) in [6, 6.07) is 6.47. The summed E-state index contributed by atoms with van der Waals surface area (Å²) in [5, 5.41) is 1.03. The third-order valence-electron chi connectivity index (χ3n) is 5.61. The normalized spacial score (nSPS) is 12.5. The molecule has 0 unspecified atom stereocenters. The van der Waals surface area contributed by atoms with E-state index in [4.69, 9.17) is 10.5 Å². The molecular formula is C23H35N5O. The second-order valence-electron chi connectivity index (χ2n) is 8.80. The van der Waals surface area contributed by atoms with Crippen LogP contribution in [0.1, 0.15) is 58.3 Å². The molecule has 6 nitrogen and oxygen atoms in total. The van der Waals surface area contributed by atoms with E-state index < -0.39 is 0 Å². The Morgan fingerprint density at radius 2 is 1.93 bits per heavy atom. The SMILES string of the molecule is CCOCc1nc2c([nH]1)c(N)nc1cc(CCCCCN(C)C(C)(C)C)ccc12. The van der Waals surface area contributed by atoms with Gasteiger partial charge >= 0.3 is 0 Å². The topological polar surface area (TPSA) is 80.1 Å². The quantitative estimate of drug-likeness (QED) is 0.513. The first-order valence-electron chi connectivity index (χ1n) is 10.6. The Bertz CT molecular complexity index is 957. The zero-order valence-electron chi connectivity index (χ0n) is 18.5. The number of aryl methyl sites for hydroxylation is 1. The van der Waals surface area contributed by atoms with Crippen LogP contribution in [0.15, 0.2) is 18.2 Å². The molecule has 0 saturated carbocycles. The van der Waals surface area contributed by atoms with Gasteiger partial charge in [0.1, 0.15) is 29.3 Å². The average molecular weight is 398 g/mol. The van der Waals surface area contributed by atoms with Gasteiger partial charge in [0.15, 0.2) is 0 Å². The van der Waals surface area contributed by atoms with Gasteiger partial charge in [0, 0.05) is 17.5 Å². The van der Waals surface area contributed by atoms with Crippen LogP contribution in [0.3, 0.4) is 0 Å². The lowest BCUT2D eigenvalue weighted by Gasteiger charge is -2.31. The molecule has 2 heterocycles. The number of aromatic nitrogens is 3. The maximum atomic E-state index is 6.19. The van der Waals surface area contributed by atoms with Crippen molar-refractivity contribution in [2.75, 3.05) is 25.9 Å². The maximum Gasteiger partial charge on any atom is 0.150 e. The number of nitrogens with two attached hydrogens (primary N) is 1. The second-order valence-corrected chi connectivity index (χ2v) is 8.80. The lowest BCUT2D eigenvalue weighted by Crippen LogP contribution is -2.38. The van der Waals surface area contributed by atoms with Gasteiger partial charge in [-0.2, -0.15) is 0 Å². The lowest BCUT2D eigenvalue weighted by atomic mass is 10.0. The summed E-state index contributed by atoms with van der Waals surface area (Å²) >= 11 is 0. The minimum atomic E-state index is 0.240. The summed E-state index contributed by atoms with van der Waals surface area (Å²) in [5.74, 6) is 1.28. The molecule has 29 heavy (non-hydrogen) atoms. The Balaban J connectivity index is 1.66. The molecule has 0 aliphatic rings. The van der Waals surface area contributed by atoms with Gasteiger partial charge in [0.25, 0.3) is 0 Å². The van der Waals surface area contributed by atoms with E-state index in [-0.39, 0.29) is 5.54 Å². The number of nitrogens with zero attached hydrogens (tertiary/aromatic N) is 3. The smallest absolute Gasteiger partial charge is 0.150 e. The van der Waals surface area contributed by atoms with Gasteiger partial charge in [-0.3, -0.25) is 0 Å². The van der Waals surface area contributed by atoms with Crippen molar-refractivity contribution in [2.24, 2.45) is 0 Å². The highest BCUT2D eigenvalue weighted by Crippen LogP contribution is 2.27. The van der Waals surface area contributed by atoms with Crippen LogP contribution in [-0.4, -0.2) is 45.6 Å². The highest BCUT2D eigenvalue weighted by Gasteiger charge is 2.16. The molecule has 0 aliphatic heterocycles. The number of pyridine rings is 1. The van der Waals surface area contributed by atoms with E-state index in [1.54, 1.807) is 0 Å². The molecule has 2 aromatic heterocycles. The van der Waals surface area contributed by atoms with Gasteiger partial charge in [-0.05, 0) is 72.2 Å². The van der Waals surface area contributed by atoms with Crippen molar-refractivity contribution in [1.29, 1.82) is 0 Å². The van der Waals surface area contributed by atoms with Crippen molar-refractivity contribution in [3.63, 3.8) is 0 Å². The standard InChI is InChI=1S/C23H35N5O/c1-6-29-15-19-26-20-17-12-11-16(14-18(17)25-22(24)21(20)27-19)10-8-7-9-13-28(5)23(2,3)4/h11-12,14H,6-10,13,15H2,1-5H3,(H2,24,25)(H,26,27). The van der Waals surface area contributed by atoms with Crippen molar-refractivity contribution in [3.8, 4) is 0 Å². The average Bonchev–Trinajstić information content (AvgIpc) is 3.10. The van der Waals surface area contributed by atoms with Crippen LogP contribution in [0.2, 0.25) is 0 Å². The molecule has 3 rings (SSSR count). The van der Waals surface area contributed by atoms with Crippen molar-refractivity contribution in [1.82, 2.24) is 19.9 Å². The van der Waals surface area contributed by atoms with E-state index in [0.29, 0.717) is 19.0 Å². The number of anilines is 1. The Kier molecular flexibility index (Phi) is 6.75. The molecule has 158 valence electrons. The number of hydrogen-bond donors (Lipinski definition) is 2. The molecular weight excluding hydrogens is 362 g/mol. The van der Waals surface area contributed by atoms with Crippen LogP contribution in [0, 0.1) is 0 Å². The van der Waals surface area contributed by atoms with Crippen LogP contribution in [0.25, 0.3) is 21.9 Å². The number of H-pyrrole nitrogens is 1. The van der Waals surface area contributed by atoms with Crippen LogP contribution in [0.5, 0.6) is 0 Å². The van der Waals surface area contributed by atoms with Gasteiger partial charge in [-0.15, -0.1) is 0 Å². The van der Waals surface area contributed by atoms with Crippen LogP contribution >= 0.6 is 0 Å². The summed E-state index contributed by atoms with van der Waals surface area (Å²) in [5.41, 5.74) is 10.3.